The summed E-state index contributed by atoms with van der Waals surface area (Å²) in [6, 6.07) is 10.5. The molecule has 0 fully saturated rings. The van der Waals surface area contributed by atoms with Gasteiger partial charge < -0.3 is 4.74 Å². The minimum atomic E-state index is -4.50. The third kappa shape index (κ3) is 3.38. The lowest BCUT2D eigenvalue weighted by molar-refractivity contribution is -0.230. The molecular weight excluding hydrogens is 372 g/mol. The monoisotopic (exact) mass is 386 g/mol. The molecule has 1 nitrogen and oxygen atoms in total. The number of ether oxygens (including phenoxy) is 1. The Balaban J connectivity index is 1.99. The summed E-state index contributed by atoms with van der Waals surface area (Å²) in [6.45, 7) is 1.45. The fourth-order valence-electron chi connectivity index (χ4n) is 2.81. The molecular formula is C19H15Cl2F3O. The lowest BCUT2D eigenvalue weighted by atomic mass is 9.93. The quantitative estimate of drug-likeness (QED) is 0.569. The summed E-state index contributed by atoms with van der Waals surface area (Å²) in [5, 5.41) is 1.04. The summed E-state index contributed by atoms with van der Waals surface area (Å²) < 4.78 is 45.7. The second-order valence-corrected chi connectivity index (χ2v) is 6.74. The fraction of sp³-hybridized carbons (Fsp3) is 0.263. The van der Waals surface area contributed by atoms with Gasteiger partial charge in [-0.3, -0.25) is 0 Å². The number of alkyl halides is 3. The Hall–Kier alpha value is -1.65. The number of fused-ring (bicyclic) bond motifs is 1. The van der Waals surface area contributed by atoms with E-state index in [0.717, 1.165) is 11.6 Å². The van der Waals surface area contributed by atoms with Gasteiger partial charge in [0.1, 0.15) is 5.75 Å². The van der Waals surface area contributed by atoms with Crippen LogP contribution in [-0.4, -0.2) is 11.8 Å². The minimum Gasteiger partial charge on any atom is -0.473 e. The van der Waals surface area contributed by atoms with Crippen molar-refractivity contribution in [2.45, 2.75) is 31.5 Å². The first-order valence-electron chi connectivity index (χ1n) is 7.76. The smallest absolute Gasteiger partial charge is 0.432 e. The van der Waals surface area contributed by atoms with Crippen LogP contribution in [-0.2, 0) is 6.42 Å². The van der Waals surface area contributed by atoms with Crippen molar-refractivity contribution in [1.29, 1.82) is 0 Å². The van der Waals surface area contributed by atoms with E-state index in [-0.39, 0.29) is 12.2 Å². The molecule has 0 radical (unpaired) electrons. The predicted molar refractivity (Wildman–Crippen MR) is 94.4 cm³/mol. The van der Waals surface area contributed by atoms with Gasteiger partial charge in [-0.05, 0) is 41.8 Å². The van der Waals surface area contributed by atoms with Crippen LogP contribution in [0, 0.1) is 0 Å². The van der Waals surface area contributed by atoms with Gasteiger partial charge in [0.05, 0.1) is 0 Å². The Morgan fingerprint density at radius 2 is 1.76 bits per heavy atom. The molecule has 132 valence electrons. The van der Waals surface area contributed by atoms with Gasteiger partial charge in [0.25, 0.3) is 0 Å². The molecule has 2 aromatic rings. The standard InChI is InChI=1S/C19H15Cl2F3O/c1-2-18(19(22,23)24)8-7-13-10-16(21)14(11-17(13)25-18)9-12-5-3-4-6-15(12)20/h3-8,10-11H,2,9H2,1H3. The van der Waals surface area contributed by atoms with E-state index in [0.29, 0.717) is 27.6 Å². The first kappa shape index (κ1) is 18.2. The van der Waals surface area contributed by atoms with Gasteiger partial charge in [-0.25, -0.2) is 0 Å². The van der Waals surface area contributed by atoms with E-state index < -0.39 is 11.8 Å². The van der Waals surface area contributed by atoms with Gasteiger partial charge in [-0.2, -0.15) is 13.2 Å². The average molecular weight is 387 g/mol. The fourth-order valence-corrected chi connectivity index (χ4v) is 3.25. The number of rotatable bonds is 3. The normalized spacial score (nSPS) is 19.4. The van der Waals surface area contributed by atoms with E-state index in [2.05, 4.69) is 0 Å². The summed E-state index contributed by atoms with van der Waals surface area (Å²) >= 11 is 12.5. The summed E-state index contributed by atoms with van der Waals surface area (Å²) in [5.74, 6) is 0.174. The first-order chi connectivity index (χ1) is 11.8. The van der Waals surface area contributed by atoms with Gasteiger partial charge in [0.2, 0.25) is 5.60 Å². The van der Waals surface area contributed by atoms with Crippen molar-refractivity contribution in [2.75, 3.05) is 0 Å². The Kier molecular flexibility index (Phi) is 4.78. The lowest BCUT2D eigenvalue weighted by Gasteiger charge is -2.36. The SMILES string of the molecule is CCC1(C(F)(F)F)C=Cc2cc(Cl)c(Cc3ccccc3Cl)cc2O1. The Labute approximate surface area is 154 Å². The van der Waals surface area contributed by atoms with Crippen molar-refractivity contribution in [1.82, 2.24) is 0 Å². The van der Waals surface area contributed by atoms with Crippen LogP contribution < -0.4 is 4.74 Å². The summed E-state index contributed by atoms with van der Waals surface area (Å²) in [7, 11) is 0. The molecule has 6 heteroatoms. The number of hydrogen-bond donors (Lipinski definition) is 0. The highest BCUT2D eigenvalue weighted by Crippen LogP contribution is 2.44. The van der Waals surface area contributed by atoms with Gasteiger partial charge in [0, 0.05) is 22.0 Å². The van der Waals surface area contributed by atoms with Gasteiger partial charge in [-0.1, -0.05) is 54.4 Å². The zero-order valence-corrected chi connectivity index (χ0v) is 14.8. The Morgan fingerprint density at radius 1 is 1.04 bits per heavy atom. The number of halogens is 5. The summed E-state index contributed by atoms with van der Waals surface area (Å²) in [6.07, 6.45) is -1.84. The molecule has 1 heterocycles. The van der Waals surface area contributed by atoms with Gasteiger partial charge in [-0.15, -0.1) is 0 Å². The third-order valence-corrected chi connectivity index (χ3v) is 5.07. The van der Waals surface area contributed by atoms with Gasteiger partial charge in [0.15, 0.2) is 0 Å². The highest BCUT2D eigenvalue weighted by atomic mass is 35.5. The first-order valence-corrected chi connectivity index (χ1v) is 8.52. The van der Waals surface area contributed by atoms with E-state index in [9.17, 15) is 13.2 Å². The molecule has 0 aliphatic carbocycles. The van der Waals surface area contributed by atoms with Crippen molar-refractivity contribution in [3.63, 3.8) is 0 Å². The van der Waals surface area contributed by atoms with Crippen LogP contribution in [0.2, 0.25) is 10.0 Å². The van der Waals surface area contributed by atoms with Crippen molar-refractivity contribution < 1.29 is 17.9 Å². The maximum absolute atomic E-state index is 13.5. The molecule has 2 aromatic carbocycles. The topological polar surface area (TPSA) is 9.23 Å². The lowest BCUT2D eigenvalue weighted by Crippen LogP contribution is -2.49. The van der Waals surface area contributed by atoms with E-state index in [1.807, 2.05) is 18.2 Å². The van der Waals surface area contributed by atoms with Crippen LogP contribution in [0.4, 0.5) is 13.2 Å². The molecule has 0 bridgehead atoms. The second kappa shape index (κ2) is 6.58. The highest BCUT2D eigenvalue weighted by molar-refractivity contribution is 6.32. The summed E-state index contributed by atoms with van der Waals surface area (Å²) in [4.78, 5) is 0. The molecule has 25 heavy (non-hydrogen) atoms. The molecule has 1 atom stereocenters. The van der Waals surface area contributed by atoms with Crippen LogP contribution >= 0.6 is 23.2 Å². The molecule has 0 aromatic heterocycles. The molecule has 1 unspecified atom stereocenters. The molecule has 1 aliphatic rings. The molecule has 0 spiro atoms. The maximum Gasteiger partial charge on any atom is 0.432 e. The number of benzene rings is 2. The van der Waals surface area contributed by atoms with Crippen molar-refractivity contribution in [3.05, 3.63) is 69.2 Å². The molecule has 0 saturated carbocycles. The van der Waals surface area contributed by atoms with Crippen LogP contribution in [0.1, 0.15) is 30.0 Å². The molecule has 3 rings (SSSR count). The maximum atomic E-state index is 13.5. The van der Waals surface area contributed by atoms with Crippen LogP contribution in [0.25, 0.3) is 6.08 Å². The van der Waals surface area contributed by atoms with Crippen LogP contribution in [0.3, 0.4) is 0 Å². The minimum absolute atomic E-state index is 0.174. The molecule has 0 amide bonds. The van der Waals surface area contributed by atoms with Crippen LogP contribution in [0.5, 0.6) is 5.75 Å². The predicted octanol–water partition coefficient (Wildman–Crippen LogP) is 6.70. The number of hydrogen-bond acceptors (Lipinski definition) is 1. The van der Waals surface area contributed by atoms with E-state index in [1.54, 1.807) is 18.2 Å². The highest BCUT2D eigenvalue weighted by Gasteiger charge is 2.55. The molecule has 0 N–H and O–H groups in total. The Morgan fingerprint density at radius 3 is 2.40 bits per heavy atom. The zero-order chi connectivity index (χ0) is 18.2. The third-order valence-electron chi connectivity index (χ3n) is 4.35. The largest absolute Gasteiger partial charge is 0.473 e. The van der Waals surface area contributed by atoms with E-state index in [1.165, 1.54) is 13.0 Å². The molecule has 0 saturated heterocycles. The van der Waals surface area contributed by atoms with E-state index >= 15 is 0 Å². The second-order valence-electron chi connectivity index (χ2n) is 5.93. The average Bonchev–Trinajstić information content (AvgIpc) is 2.56. The van der Waals surface area contributed by atoms with Gasteiger partial charge >= 0.3 is 6.18 Å². The van der Waals surface area contributed by atoms with E-state index in [4.69, 9.17) is 27.9 Å². The Bertz CT molecular complexity index is 830. The molecule has 1 aliphatic heterocycles. The van der Waals surface area contributed by atoms with Crippen molar-refractivity contribution >= 4 is 29.3 Å². The summed E-state index contributed by atoms with van der Waals surface area (Å²) in [5.41, 5.74) is -0.276. The van der Waals surface area contributed by atoms with Crippen molar-refractivity contribution in [2.24, 2.45) is 0 Å². The zero-order valence-electron chi connectivity index (χ0n) is 13.3. The van der Waals surface area contributed by atoms with Crippen LogP contribution in [0.15, 0.2) is 42.5 Å². The van der Waals surface area contributed by atoms with Crippen molar-refractivity contribution in [3.8, 4) is 5.75 Å².